The molecule has 1 fully saturated rings. The van der Waals surface area contributed by atoms with Crippen molar-refractivity contribution in [1.29, 1.82) is 0 Å². The van der Waals surface area contributed by atoms with E-state index in [1.807, 2.05) is 6.92 Å². The smallest absolute Gasteiger partial charge is 0.336 e. The molecule has 0 bridgehead atoms. The molecule has 10 heteroatoms. The number of nitrogens with zero attached hydrogens (tertiary/aromatic N) is 2. The van der Waals surface area contributed by atoms with Crippen LogP contribution in [0.5, 0.6) is 11.5 Å². The quantitative estimate of drug-likeness (QED) is 0.332. The van der Waals surface area contributed by atoms with Gasteiger partial charge in [-0.1, -0.05) is 6.92 Å². The van der Waals surface area contributed by atoms with Crippen molar-refractivity contribution < 1.29 is 22.5 Å². The van der Waals surface area contributed by atoms with E-state index in [1.54, 1.807) is 18.2 Å². The molecule has 2 heterocycles. The van der Waals surface area contributed by atoms with Crippen molar-refractivity contribution in [3.05, 3.63) is 69.1 Å². The Balaban J connectivity index is 1.68. The maximum atomic E-state index is 13.0. The molecule has 1 atom stereocenters. The Morgan fingerprint density at radius 3 is 2.68 bits per heavy atom. The van der Waals surface area contributed by atoms with Crippen molar-refractivity contribution in [2.75, 3.05) is 13.1 Å². The number of benzene rings is 2. The number of hydrogen-bond donors (Lipinski definition) is 0. The van der Waals surface area contributed by atoms with Crippen molar-refractivity contribution in [2.24, 2.45) is 5.92 Å². The zero-order valence-corrected chi connectivity index (χ0v) is 17.5. The predicted molar refractivity (Wildman–Crippen MR) is 113 cm³/mol. The normalized spacial score (nSPS) is 17.5. The van der Waals surface area contributed by atoms with E-state index in [4.69, 9.17) is 9.15 Å². The van der Waals surface area contributed by atoms with E-state index in [1.165, 1.54) is 28.6 Å². The standard InChI is InChI=1S/C21H20N2O7S/c1-14-3-2-10-22(13-14)31(27,28)17-7-8-19(18(12-17)23(25)26)29-16-6-4-15-5-9-21(24)30-20(15)11-16/h4-9,11-12,14H,2-3,10,13H2,1H3. The lowest BCUT2D eigenvalue weighted by molar-refractivity contribution is -0.385. The molecule has 0 aliphatic carbocycles. The number of piperidine rings is 1. The molecule has 0 N–H and O–H groups in total. The van der Waals surface area contributed by atoms with Crippen molar-refractivity contribution in [3.63, 3.8) is 0 Å². The third-order valence-corrected chi connectivity index (χ3v) is 7.07. The Kier molecular flexibility index (Phi) is 5.50. The second-order valence-corrected chi connectivity index (χ2v) is 9.49. The first-order valence-electron chi connectivity index (χ1n) is 9.74. The van der Waals surface area contributed by atoms with Crippen LogP contribution in [-0.2, 0) is 10.0 Å². The highest BCUT2D eigenvalue weighted by atomic mass is 32.2. The third-order valence-electron chi connectivity index (χ3n) is 5.21. The van der Waals surface area contributed by atoms with Gasteiger partial charge in [-0.2, -0.15) is 4.31 Å². The average molecular weight is 444 g/mol. The minimum absolute atomic E-state index is 0.117. The van der Waals surface area contributed by atoms with Crippen LogP contribution in [0.3, 0.4) is 0 Å². The Morgan fingerprint density at radius 2 is 1.94 bits per heavy atom. The van der Waals surface area contributed by atoms with E-state index >= 15 is 0 Å². The van der Waals surface area contributed by atoms with Gasteiger partial charge in [0.2, 0.25) is 15.8 Å². The molecule has 162 valence electrons. The van der Waals surface area contributed by atoms with Gasteiger partial charge in [0.15, 0.2) is 0 Å². The van der Waals surface area contributed by atoms with E-state index in [-0.39, 0.29) is 27.9 Å². The highest BCUT2D eigenvalue weighted by molar-refractivity contribution is 7.89. The van der Waals surface area contributed by atoms with Crippen LogP contribution in [0.4, 0.5) is 5.69 Å². The maximum Gasteiger partial charge on any atom is 0.336 e. The van der Waals surface area contributed by atoms with E-state index < -0.39 is 26.3 Å². The lowest BCUT2D eigenvalue weighted by atomic mass is 10.0. The summed E-state index contributed by atoms with van der Waals surface area (Å²) in [6.45, 7) is 2.75. The maximum absolute atomic E-state index is 13.0. The van der Waals surface area contributed by atoms with Gasteiger partial charge < -0.3 is 9.15 Å². The highest BCUT2D eigenvalue weighted by Crippen LogP contribution is 2.35. The van der Waals surface area contributed by atoms with E-state index in [0.29, 0.717) is 18.5 Å². The molecule has 4 rings (SSSR count). The number of ether oxygens (including phenoxy) is 1. The van der Waals surface area contributed by atoms with Gasteiger partial charge in [-0.05, 0) is 49.1 Å². The zero-order valence-electron chi connectivity index (χ0n) is 16.7. The first-order valence-corrected chi connectivity index (χ1v) is 11.2. The molecule has 9 nitrogen and oxygen atoms in total. The molecule has 3 aromatic rings. The summed E-state index contributed by atoms with van der Waals surface area (Å²) in [6, 6.07) is 11.1. The topological polar surface area (TPSA) is 120 Å². The van der Waals surface area contributed by atoms with Crippen LogP contribution in [0.25, 0.3) is 11.0 Å². The first kappa shape index (κ1) is 21.0. The van der Waals surface area contributed by atoms with Crippen LogP contribution in [0.15, 0.2) is 62.6 Å². The SMILES string of the molecule is CC1CCCN(S(=O)(=O)c2ccc(Oc3ccc4ccc(=O)oc4c3)c([N+](=O)[O-])c2)C1. The summed E-state index contributed by atoms with van der Waals surface area (Å²) in [6.07, 6.45) is 1.70. The molecule has 31 heavy (non-hydrogen) atoms. The summed E-state index contributed by atoms with van der Waals surface area (Å²) >= 11 is 0. The molecule has 1 aliphatic rings. The number of hydrogen-bond acceptors (Lipinski definition) is 7. The summed E-state index contributed by atoms with van der Waals surface area (Å²) in [5.41, 5.74) is -0.732. The van der Waals surface area contributed by atoms with Gasteiger partial charge in [0.05, 0.1) is 9.82 Å². The summed E-state index contributed by atoms with van der Waals surface area (Å²) in [5, 5.41) is 12.3. The Labute approximate surface area is 178 Å². The molecule has 0 amide bonds. The van der Waals surface area contributed by atoms with Gasteiger partial charge >= 0.3 is 11.3 Å². The van der Waals surface area contributed by atoms with Crippen LogP contribution in [0.2, 0.25) is 0 Å². The molecule has 0 spiro atoms. The monoisotopic (exact) mass is 444 g/mol. The number of nitro groups is 1. The van der Waals surface area contributed by atoms with Gasteiger partial charge in [-0.3, -0.25) is 10.1 Å². The van der Waals surface area contributed by atoms with Gasteiger partial charge in [-0.25, -0.2) is 13.2 Å². The minimum atomic E-state index is -3.85. The van der Waals surface area contributed by atoms with E-state index in [9.17, 15) is 23.3 Å². The molecule has 1 aliphatic heterocycles. The van der Waals surface area contributed by atoms with Gasteiger partial charge in [0.25, 0.3) is 0 Å². The number of nitro benzene ring substituents is 1. The van der Waals surface area contributed by atoms with E-state index in [0.717, 1.165) is 18.9 Å². The largest absolute Gasteiger partial charge is 0.450 e. The van der Waals surface area contributed by atoms with E-state index in [2.05, 4.69) is 0 Å². The summed E-state index contributed by atoms with van der Waals surface area (Å²) in [4.78, 5) is 22.2. The lowest BCUT2D eigenvalue weighted by Gasteiger charge is -2.30. The fourth-order valence-electron chi connectivity index (χ4n) is 3.63. The average Bonchev–Trinajstić information content (AvgIpc) is 2.73. The van der Waals surface area contributed by atoms with Crippen molar-refractivity contribution >= 4 is 26.7 Å². The molecule has 1 unspecified atom stereocenters. The minimum Gasteiger partial charge on any atom is -0.450 e. The lowest BCUT2D eigenvalue weighted by Crippen LogP contribution is -2.39. The Hall–Kier alpha value is -3.24. The van der Waals surface area contributed by atoms with Crippen LogP contribution >= 0.6 is 0 Å². The molecule has 0 saturated carbocycles. The molecular formula is C21H20N2O7S. The third kappa shape index (κ3) is 4.30. The fraction of sp³-hybridized carbons (Fsp3) is 0.286. The van der Waals surface area contributed by atoms with Crippen LogP contribution in [0.1, 0.15) is 19.8 Å². The second kappa shape index (κ2) is 8.12. The zero-order chi connectivity index (χ0) is 22.2. The summed E-state index contributed by atoms with van der Waals surface area (Å²) in [7, 11) is -3.85. The number of fused-ring (bicyclic) bond motifs is 1. The number of rotatable bonds is 5. The van der Waals surface area contributed by atoms with Gasteiger partial charge in [0, 0.05) is 36.7 Å². The van der Waals surface area contributed by atoms with Crippen LogP contribution in [0, 0.1) is 16.0 Å². The highest BCUT2D eigenvalue weighted by Gasteiger charge is 2.31. The number of sulfonamides is 1. The second-order valence-electron chi connectivity index (χ2n) is 7.55. The van der Waals surface area contributed by atoms with Gasteiger partial charge in [0.1, 0.15) is 11.3 Å². The molecular weight excluding hydrogens is 424 g/mol. The van der Waals surface area contributed by atoms with Crippen molar-refractivity contribution in [2.45, 2.75) is 24.7 Å². The summed E-state index contributed by atoms with van der Waals surface area (Å²) < 4.78 is 38.1. The van der Waals surface area contributed by atoms with Crippen molar-refractivity contribution in [1.82, 2.24) is 4.31 Å². The van der Waals surface area contributed by atoms with Crippen molar-refractivity contribution in [3.8, 4) is 11.5 Å². The Morgan fingerprint density at radius 1 is 1.16 bits per heavy atom. The predicted octanol–water partition coefficient (Wildman–Crippen LogP) is 3.91. The molecule has 1 saturated heterocycles. The Bertz CT molecular complexity index is 1320. The van der Waals surface area contributed by atoms with Crippen LogP contribution in [-0.4, -0.2) is 30.7 Å². The molecule has 0 radical (unpaired) electrons. The first-order chi connectivity index (χ1) is 14.7. The molecule has 1 aromatic heterocycles. The fourth-order valence-corrected chi connectivity index (χ4v) is 5.25. The molecule has 2 aromatic carbocycles. The van der Waals surface area contributed by atoms with Gasteiger partial charge in [-0.15, -0.1) is 0 Å². The van der Waals surface area contributed by atoms with Crippen LogP contribution < -0.4 is 10.4 Å². The summed E-state index contributed by atoms with van der Waals surface area (Å²) in [5.74, 6) is 0.327.